The first-order chi connectivity index (χ1) is 11.1. The first-order valence-electron chi connectivity index (χ1n) is 8.26. The molecule has 3 fully saturated rings. The normalized spacial score (nSPS) is 35.1. The van der Waals surface area contributed by atoms with E-state index < -0.39 is 24.3 Å². The van der Waals surface area contributed by atoms with Crippen molar-refractivity contribution in [3.63, 3.8) is 0 Å². The molecule has 0 aromatic rings. The minimum atomic E-state index is -1.32. The van der Waals surface area contributed by atoms with Crippen molar-refractivity contribution in [2.24, 2.45) is 0 Å². The van der Waals surface area contributed by atoms with Gasteiger partial charge < -0.3 is 25.4 Å². The Morgan fingerprint density at radius 1 is 1.26 bits per heavy atom. The van der Waals surface area contributed by atoms with Gasteiger partial charge in [-0.05, 0) is 12.8 Å². The molecule has 0 aromatic carbocycles. The van der Waals surface area contributed by atoms with E-state index in [0.29, 0.717) is 19.5 Å². The summed E-state index contributed by atoms with van der Waals surface area (Å²) in [6, 6.07) is -1.33. The Bertz CT molecular complexity index is 498. The fourth-order valence-electron chi connectivity index (χ4n) is 3.58. The Labute approximate surface area is 134 Å². The quantitative estimate of drug-likeness (QED) is 0.555. The molecule has 128 valence electrons. The zero-order valence-electron chi connectivity index (χ0n) is 13.0. The Balaban J connectivity index is 1.70. The highest BCUT2D eigenvalue weighted by molar-refractivity contribution is 5.89. The van der Waals surface area contributed by atoms with Gasteiger partial charge in [0.2, 0.25) is 18.1 Å². The van der Waals surface area contributed by atoms with E-state index in [2.05, 4.69) is 15.4 Å². The summed E-state index contributed by atoms with van der Waals surface area (Å²) in [4.78, 5) is 37.9. The predicted molar refractivity (Wildman–Crippen MR) is 79.0 cm³/mol. The molecule has 0 spiro atoms. The van der Waals surface area contributed by atoms with Gasteiger partial charge in [-0.2, -0.15) is 0 Å². The molecule has 23 heavy (non-hydrogen) atoms. The van der Waals surface area contributed by atoms with E-state index >= 15 is 0 Å². The molecular formula is C15H23N3O5. The van der Waals surface area contributed by atoms with Gasteiger partial charge in [0.05, 0.1) is 6.42 Å². The molecular weight excluding hydrogens is 302 g/mol. The Hall–Kier alpha value is -1.67. The van der Waals surface area contributed by atoms with Crippen molar-refractivity contribution in [3.05, 3.63) is 0 Å². The summed E-state index contributed by atoms with van der Waals surface area (Å²) < 4.78 is 4.63. The van der Waals surface area contributed by atoms with Gasteiger partial charge in [-0.1, -0.05) is 12.8 Å². The highest BCUT2D eigenvalue weighted by Crippen LogP contribution is 2.22. The van der Waals surface area contributed by atoms with Gasteiger partial charge in [0.15, 0.2) is 0 Å². The highest BCUT2D eigenvalue weighted by Gasteiger charge is 2.41. The van der Waals surface area contributed by atoms with Gasteiger partial charge in [-0.15, -0.1) is 0 Å². The van der Waals surface area contributed by atoms with E-state index in [0.717, 1.165) is 25.7 Å². The van der Waals surface area contributed by atoms with Crippen LogP contribution in [0.15, 0.2) is 0 Å². The summed E-state index contributed by atoms with van der Waals surface area (Å²) in [6.45, 7) is 1.08. The predicted octanol–water partition coefficient (Wildman–Crippen LogP) is -1.13. The summed E-state index contributed by atoms with van der Waals surface area (Å²) in [5.74, 6) is -0.876. The van der Waals surface area contributed by atoms with E-state index in [4.69, 9.17) is 0 Å². The number of carbonyl (C=O) groups is 3. The van der Waals surface area contributed by atoms with Gasteiger partial charge in [0.25, 0.3) is 0 Å². The maximum atomic E-state index is 12.6. The molecule has 3 saturated heterocycles. The maximum absolute atomic E-state index is 12.6. The molecule has 8 heteroatoms. The summed E-state index contributed by atoms with van der Waals surface area (Å²) in [7, 11) is 0. The number of piperazine rings is 1. The molecule has 4 atom stereocenters. The zero-order valence-corrected chi connectivity index (χ0v) is 13.0. The second-order valence-electron chi connectivity index (χ2n) is 6.43. The van der Waals surface area contributed by atoms with Crippen molar-refractivity contribution in [3.8, 4) is 0 Å². The van der Waals surface area contributed by atoms with E-state index in [1.165, 1.54) is 0 Å². The average Bonchev–Trinajstić information content (AvgIpc) is 2.81. The minimum Gasteiger partial charge on any atom is -0.434 e. The van der Waals surface area contributed by atoms with Crippen LogP contribution in [-0.2, 0) is 19.1 Å². The number of fused-ring (bicyclic) bond motifs is 1. The second kappa shape index (κ2) is 6.84. The van der Waals surface area contributed by atoms with Crippen molar-refractivity contribution in [2.45, 2.75) is 62.9 Å². The van der Waals surface area contributed by atoms with Crippen LogP contribution in [0.2, 0.25) is 0 Å². The molecule has 8 nitrogen and oxygen atoms in total. The van der Waals surface area contributed by atoms with Crippen LogP contribution >= 0.6 is 0 Å². The second-order valence-corrected chi connectivity index (χ2v) is 6.43. The molecule has 0 saturated carbocycles. The molecule has 0 bridgehead atoms. The number of aliphatic hydroxyl groups excluding tert-OH is 1. The summed E-state index contributed by atoms with van der Waals surface area (Å²) in [5.41, 5.74) is 0. The third kappa shape index (κ3) is 3.48. The standard InChI is InChI=1S/C15H23N3O5/c19-12-5-3-1-2-4-9-7-16-8-11(18(9)12)14(21)17-10-6-13(20)23-15(10)22/h9-11,15-16,22H,1-8H2,(H,17,21)/t9-,10-,11-,15-/m0/s1. The molecule has 2 amide bonds. The van der Waals surface area contributed by atoms with Crippen LogP contribution in [0.1, 0.15) is 38.5 Å². The fraction of sp³-hybridized carbons (Fsp3) is 0.800. The summed E-state index contributed by atoms with van der Waals surface area (Å²) >= 11 is 0. The SMILES string of the molecule is O=C1C[C@H](NC(=O)[C@@H]2CNC[C@@H]3CCCCCC(=O)N32)[C@@H](O)O1. The van der Waals surface area contributed by atoms with Crippen LogP contribution in [0, 0.1) is 0 Å². The van der Waals surface area contributed by atoms with Crippen LogP contribution in [-0.4, -0.2) is 65.3 Å². The van der Waals surface area contributed by atoms with E-state index in [-0.39, 0.29) is 24.3 Å². The Morgan fingerprint density at radius 2 is 2.09 bits per heavy atom. The number of carbonyl (C=O) groups excluding carboxylic acids is 3. The molecule has 3 N–H and O–H groups in total. The van der Waals surface area contributed by atoms with Gasteiger partial charge in [0.1, 0.15) is 12.1 Å². The first-order valence-corrected chi connectivity index (χ1v) is 8.26. The number of nitrogens with one attached hydrogen (secondary N) is 2. The van der Waals surface area contributed by atoms with Crippen molar-refractivity contribution < 1.29 is 24.2 Å². The minimum absolute atomic E-state index is 0.00986. The monoisotopic (exact) mass is 325 g/mol. The molecule has 3 aliphatic heterocycles. The lowest BCUT2D eigenvalue weighted by Gasteiger charge is -2.43. The number of rotatable bonds is 2. The van der Waals surface area contributed by atoms with Crippen LogP contribution in [0.5, 0.6) is 0 Å². The Morgan fingerprint density at radius 3 is 2.83 bits per heavy atom. The van der Waals surface area contributed by atoms with Gasteiger partial charge in [-0.25, -0.2) is 0 Å². The number of esters is 1. The van der Waals surface area contributed by atoms with Gasteiger partial charge in [0, 0.05) is 25.6 Å². The summed E-state index contributed by atoms with van der Waals surface area (Å²) in [5, 5.41) is 15.5. The lowest BCUT2D eigenvalue weighted by Crippen LogP contribution is -2.65. The molecule has 0 radical (unpaired) electrons. The molecule has 0 aromatic heterocycles. The number of nitrogens with zero attached hydrogens (tertiary/aromatic N) is 1. The molecule has 3 rings (SSSR count). The Kier molecular flexibility index (Phi) is 4.82. The van der Waals surface area contributed by atoms with E-state index in [9.17, 15) is 19.5 Å². The van der Waals surface area contributed by atoms with Crippen molar-refractivity contribution in [1.29, 1.82) is 0 Å². The average molecular weight is 325 g/mol. The van der Waals surface area contributed by atoms with Crippen LogP contribution in [0.3, 0.4) is 0 Å². The van der Waals surface area contributed by atoms with Crippen LogP contribution in [0.25, 0.3) is 0 Å². The number of aliphatic hydroxyl groups is 1. The van der Waals surface area contributed by atoms with Crippen LogP contribution in [0.4, 0.5) is 0 Å². The molecule has 0 aliphatic carbocycles. The largest absolute Gasteiger partial charge is 0.434 e. The molecule has 0 unspecified atom stereocenters. The van der Waals surface area contributed by atoms with E-state index in [1.807, 2.05) is 0 Å². The first kappa shape index (κ1) is 16.2. The van der Waals surface area contributed by atoms with Crippen molar-refractivity contribution in [1.82, 2.24) is 15.5 Å². The van der Waals surface area contributed by atoms with Gasteiger partial charge >= 0.3 is 5.97 Å². The number of cyclic esters (lactones) is 1. The third-order valence-corrected chi connectivity index (χ3v) is 4.78. The highest BCUT2D eigenvalue weighted by atomic mass is 16.6. The number of ether oxygens (including phenoxy) is 1. The number of amides is 2. The fourth-order valence-corrected chi connectivity index (χ4v) is 3.58. The van der Waals surface area contributed by atoms with Crippen molar-refractivity contribution in [2.75, 3.05) is 13.1 Å². The molecule has 3 heterocycles. The lowest BCUT2D eigenvalue weighted by atomic mass is 9.96. The zero-order chi connectivity index (χ0) is 16.4. The number of hydrogen-bond donors (Lipinski definition) is 3. The van der Waals surface area contributed by atoms with Crippen molar-refractivity contribution >= 4 is 17.8 Å². The van der Waals surface area contributed by atoms with Crippen LogP contribution < -0.4 is 10.6 Å². The summed E-state index contributed by atoms with van der Waals surface area (Å²) in [6.07, 6.45) is 2.93. The third-order valence-electron chi connectivity index (χ3n) is 4.78. The smallest absolute Gasteiger partial charge is 0.310 e. The number of hydrogen-bond acceptors (Lipinski definition) is 6. The maximum Gasteiger partial charge on any atom is 0.310 e. The topological polar surface area (TPSA) is 108 Å². The lowest BCUT2D eigenvalue weighted by molar-refractivity contribution is -0.156. The van der Waals surface area contributed by atoms with Gasteiger partial charge in [-0.3, -0.25) is 14.4 Å². The molecule has 3 aliphatic rings. The van der Waals surface area contributed by atoms with E-state index in [1.54, 1.807) is 4.90 Å².